The summed E-state index contributed by atoms with van der Waals surface area (Å²) >= 11 is 1.44. The molecule has 0 bridgehead atoms. The molecule has 0 radical (unpaired) electrons. The van der Waals surface area contributed by atoms with Crippen molar-refractivity contribution in [1.29, 1.82) is 0 Å². The Hall–Kier alpha value is -3.98. The van der Waals surface area contributed by atoms with Crippen LogP contribution in [0.5, 0.6) is 0 Å². The van der Waals surface area contributed by atoms with Crippen molar-refractivity contribution in [3.05, 3.63) is 86.6 Å². The van der Waals surface area contributed by atoms with Gasteiger partial charge in [-0.05, 0) is 24.6 Å². The Labute approximate surface area is 186 Å². The van der Waals surface area contributed by atoms with E-state index in [1.54, 1.807) is 13.1 Å². The van der Waals surface area contributed by atoms with E-state index in [4.69, 9.17) is 0 Å². The van der Waals surface area contributed by atoms with E-state index in [-0.39, 0.29) is 17.8 Å². The molecule has 160 valence electrons. The van der Waals surface area contributed by atoms with Gasteiger partial charge in [0.25, 0.3) is 11.5 Å². The molecule has 5 aromatic rings. The molecule has 0 aliphatic heterocycles. The monoisotopic (exact) mass is 445 g/mol. The number of imidazole rings is 1. The van der Waals surface area contributed by atoms with E-state index >= 15 is 0 Å². The van der Waals surface area contributed by atoms with Crippen LogP contribution in [0.3, 0.4) is 0 Å². The third kappa shape index (κ3) is 3.14. The molecule has 1 N–H and O–H groups in total. The van der Waals surface area contributed by atoms with Crippen LogP contribution >= 0.6 is 11.3 Å². The number of carbonyl (C=O) groups is 1. The molecule has 8 nitrogen and oxygen atoms in total. The summed E-state index contributed by atoms with van der Waals surface area (Å²) in [6, 6.07) is 16.9. The molecular weight excluding hydrogens is 426 g/mol. The summed E-state index contributed by atoms with van der Waals surface area (Å²) in [6.07, 6.45) is 1.30. The van der Waals surface area contributed by atoms with Gasteiger partial charge in [-0.15, -0.1) is 11.3 Å². The lowest BCUT2D eigenvalue weighted by atomic mass is 10.0. The second-order valence-corrected chi connectivity index (χ2v) is 8.65. The maximum atomic E-state index is 13.2. The molecule has 0 saturated carbocycles. The average Bonchev–Trinajstić information content (AvgIpc) is 3.26. The van der Waals surface area contributed by atoms with E-state index in [1.807, 2.05) is 55.5 Å². The second-order valence-electron chi connectivity index (χ2n) is 7.45. The zero-order chi connectivity index (χ0) is 22.4. The predicted molar refractivity (Wildman–Crippen MR) is 126 cm³/mol. The van der Waals surface area contributed by atoms with Gasteiger partial charge in [0.2, 0.25) is 0 Å². The van der Waals surface area contributed by atoms with Gasteiger partial charge in [0.05, 0.1) is 16.4 Å². The van der Waals surface area contributed by atoms with Crippen molar-refractivity contribution in [2.45, 2.75) is 13.5 Å². The van der Waals surface area contributed by atoms with Crippen LogP contribution in [-0.2, 0) is 18.4 Å². The fourth-order valence-corrected chi connectivity index (χ4v) is 4.97. The number of para-hydroxylation sites is 2. The van der Waals surface area contributed by atoms with Crippen LogP contribution in [0.15, 0.2) is 70.5 Å². The Morgan fingerprint density at radius 3 is 2.47 bits per heavy atom. The first kappa shape index (κ1) is 20.0. The molecule has 5 rings (SSSR count). The maximum absolute atomic E-state index is 13.2. The van der Waals surface area contributed by atoms with Crippen molar-refractivity contribution in [2.75, 3.05) is 5.43 Å². The maximum Gasteiger partial charge on any atom is 0.329 e. The van der Waals surface area contributed by atoms with Crippen LogP contribution in [0, 0.1) is 6.92 Å². The van der Waals surface area contributed by atoms with E-state index < -0.39 is 5.91 Å². The van der Waals surface area contributed by atoms with E-state index in [9.17, 15) is 14.4 Å². The topological polar surface area (TPSA) is 90.9 Å². The Balaban J connectivity index is 1.52. The predicted octanol–water partition coefficient (Wildman–Crippen LogP) is 2.86. The normalized spacial score (nSPS) is 11.3. The van der Waals surface area contributed by atoms with E-state index in [2.05, 4.69) is 10.4 Å². The number of amides is 1. The number of rotatable bonds is 4. The van der Waals surface area contributed by atoms with Crippen LogP contribution in [0.1, 0.15) is 4.88 Å². The average molecular weight is 446 g/mol. The third-order valence-electron chi connectivity index (χ3n) is 5.45. The summed E-state index contributed by atoms with van der Waals surface area (Å²) in [6.45, 7) is 1.73. The third-order valence-corrected chi connectivity index (χ3v) is 6.46. The van der Waals surface area contributed by atoms with Gasteiger partial charge in [0.15, 0.2) is 0 Å². The minimum atomic E-state index is -0.500. The molecular formula is C23H19N5O3S. The van der Waals surface area contributed by atoms with Gasteiger partial charge >= 0.3 is 5.69 Å². The van der Waals surface area contributed by atoms with E-state index in [0.717, 1.165) is 26.2 Å². The highest BCUT2D eigenvalue weighted by Gasteiger charge is 2.18. The van der Waals surface area contributed by atoms with Gasteiger partial charge in [0.1, 0.15) is 17.7 Å². The van der Waals surface area contributed by atoms with Crippen molar-refractivity contribution in [3.8, 4) is 11.1 Å². The largest absolute Gasteiger partial charge is 0.329 e. The highest BCUT2D eigenvalue weighted by atomic mass is 32.1. The molecule has 32 heavy (non-hydrogen) atoms. The lowest BCUT2D eigenvalue weighted by molar-refractivity contribution is -0.117. The summed E-state index contributed by atoms with van der Waals surface area (Å²) < 4.78 is 3.95. The molecule has 0 unspecified atom stereocenters. The van der Waals surface area contributed by atoms with Gasteiger partial charge < -0.3 is 0 Å². The highest BCUT2D eigenvalue weighted by Crippen LogP contribution is 2.35. The van der Waals surface area contributed by atoms with Gasteiger partial charge in [-0.2, -0.15) is 0 Å². The molecule has 3 heterocycles. The quantitative estimate of drug-likeness (QED) is 0.461. The van der Waals surface area contributed by atoms with Crippen LogP contribution in [-0.4, -0.2) is 24.7 Å². The minimum Gasteiger partial charge on any atom is -0.295 e. The molecule has 2 aromatic carbocycles. The number of hydrogen-bond acceptors (Lipinski definition) is 5. The summed E-state index contributed by atoms with van der Waals surface area (Å²) in [5.74, 6) is -0.500. The fourth-order valence-electron chi connectivity index (χ4n) is 3.96. The van der Waals surface area contributed by atoms with Gasteiger partial charge in [0, 0.05) is 17.5 Å². The molecule has 0 aliphatic carbocycles. The minimum absolute atomic E-state index is 0.223. The number of aryl methyl sites for hydroxylation is 2. The molecule has 0 spiro atoms. The molecule has 1 amide bonds. The molecule has 0 aliphatic rings. The molecule has 3 aromatic heterocycles. The SMILES string of the molecule is Cc1sc2ncn(NC(=O)Cn3c(=O)n(C)c4ccccc43)c(=O)c2c1-c1ccccc1. The fraction of sp³-hybridized carbons (Fsp3) is 0.130. The number of nitrogens with zero attached hydrogens (tertiary/aromatic N) is 4. The van der Waals surface area contributed by atoms with Crippen LogP contribution in [0.4, 0.5) is 0 Å². The summed E-state index contributed by atoms with van der Waals surface area (Å²) in [5, 5.41) is 0.462. The van der Waals surface area contributed by atoms with Gasteiger partial charge in [-0.1, -0.05) is 42.5 Å². The number of nitrogens with one attached hydrogen (secondary N) is 1. The Morgan fingerprint density at radius 2 is 1.72 bits per heavy atom. The van der Waals surface area contributed by atoms with Crippen LogP contribution < -0.4 is 16.7 Å². The molecule has 0 saturated heterocycles. The first-order chi connectivity index (χ1) is 15.5. The van der Waals surface area contributed by atoms with Gasteiger partial charge in [-0.25, -0.2) is 14.5 Å². The van der Waals surface area contributed by atoms with E-state index in [0.29, 0.717) is 15.7 Å². The Kier molecular flexibility index (Phi) is 4.75. The van der Waals surface area contributed by atoms with Crippen molar-refractivity contribution >= 4 is 38.5 Å². The zero-order valence-corrected chi connectivity index (χ0v) is 18.2. The number of hydrogen-bond donors (Lipinski definition) is 1. The van der Waals surface area contributed by atoms with E-state index in [1.165, 1.54) is 26.8 Å². The Morgan fingerprint density at radius 1 is 1.03 bits per heavy atom. The number of benzene rings is 2. The number of thiophene rings is 1. The number of carbonyl (C=O) groups excluding carboxylic acids is 1. The Bertz CT molecular complexity index is 1610. The summed E-state index contributed by atoms with van der Waals surface area (Å²) in [7, 11) is 1.66. The summed E-state index contributed by atoms with van der Waals surface area (Å²) in [5.41, 5.74) is 5.02. The molecule has 0 atom stereocenters. The van der Waals surface area contributed by atoms with Crippen LogP contribution in [0.2, 0.25) is 0 Å². The zero-order valence-electron chi connectivity index (χ0n) is 17.4. The van der Waals surface area contributed by atoms with Crippen molar-refractivity contribution in [1.82, 2.24) is 18.8 Å². The number of aromatic nitrogens is 4. The molecule has 0 fully saturated rings. The molecule has 9 heteroatoms. The van der Waals surface area contributed by atoms with Crippen molar-refractivity contribution in [2.24, 2.45) is 7.05 Å². The first-order valence-electron chi connectivity index (χ1n) is 9.96. The standard InChI is InChI=1S/C23H19N5O3S/c1-14-19(15-8-4-3-5-9-15)20-21(32-14)24-13-28(22(20)30)25-18(29)12-27-17-11-7-6-10-16(17)26(2)23(27)31/h3-11,13H,12H2,1-2H3,(H,25,29). The lowest BCUT2D eigenvalue weighted by Crippen LogP contribution is -2.36. The van der Waals surface area contributed by atoms with Crippen LogP contribution in [0.25, 0.3) is 32.4 Å². The smallest absolute Gasteiger partial charge is 0.295 e. The highest BCUT2D eigenvalue weighted by molar-refractivity contribution is 7.19. The second kappa shape index (κ2) is 7.61. The van der Waals surface area contributed by atoms with Gasteiger partial charge in [-0.3, -0.25) is 24.1 Å². The van der Waals surface area contributed by atoms with Crippen molar-refractivity contribution < 1.29 is 4.79 Å². The number of fused-ring (bicyclic) bond motifs is 2. The summed E-state index contributed by atoms with van der Waals surface area (Å²) in [4.78, 5) is 44.6. The first-order valence-corrected chi connectivity index (χ1v) is 10.8. The van der Waals surface area contributed by atoms with Crippen molar-refractivity contribution in [3.63, 3.8) is 0 Å². The lowest BCUT2D eigenvalue weighted by Gasteiger charge is -2.09.